The van der Waals surface area contributed by atoms with Crippen LogP contribution >= 0.6 is 21.6 Å². The summed E-state index contributed by atoms with van der Waals surface area (Å²) in [7, 11) is 1.74. The third-order valence-corrected chi connectivity index (χ3v) is 1.05. The number of hydrogen-bond acceptors (Lipinski definition) is 5. The summed E-state index contributed by atoms with van der Waals surface area (Å²) in [5, 5.41) is 18.9. The molecule has 0 rings (SSSR count). The summed E-state index contributed by atoms with van der Waals surface area (Å²) < 4.78 is 0. The molecule has 0 aromatic heterocycles. The van der Waals surface area contributed by atoms with Crippen molar-refractivity contribution in [3.05, 3.63) is 0 Å². The first-order chi connectivity index (χ1) is 2.91. The summed E-state index contributed by atoms with van der Waals surface area (Å²) in [5.41, 5.74) is 0. The van der Waals surface area contributed by atoms with Gasteiger partial charge in [0.2, 0.25) is 0 Å². The SMILES string of the molecule is N.N#CSSC#N.[H-].[K+]. The maximum Gasteiger partial charge on any atom is 1.00 e. The molecule has 8 heavy (non-hydrogen) atoms. The minimum Gasteiger partial charge on any atom is -1.00 e. The van der Waals surface area contributed by atoms with Crippen molar-refractivity contribution in [1.29, 1.82) is 10.5 Å². The van der Waals surface area contributed by atoms with Gasteiger partial charge in [0.15, 0.2) is 0 Å². The van der Waals surface area contributed by atoms with Gasteiger partial charge >= 0.3 is 51.4 Å². The van der Waals surface area contributed by atoms with Crippen LogP contribution < -0.4 is 57.5 Å². The fourth-order valence-electron chi connectivity index (χ4n) is 0.0373. The van der Waals surface area contributed by atoms with Gasteiger partial charge in [-0.25, -0.2) is 0 Å². The first-order valence-electron chi connectivity index (χ1n) is 1.02. The first-order valence-corrected chi connectivity index (χ1v) is 3.17. The van der Waals surface area contributed by atoms with Crippen molar-refractivity contribution in [2.75, 3.05) is 0 Å². The van der Waals surface area contributed by atoms with Crippen LogP contribution in [-0.4, -0.2) is 0 Å². The molecule has 0 amide bonds. The Labute approximate surface area is 100 Å². The third kappa shape index (κ3) is 15.7. The van der Waals surface area contributed by atoms with Crippen molar-refractivity contribution in [1.82, 2.24) is 6.15 Å². The van der Waals surface area contributed by atoms with Crippen LogP contribution in [0.1, 0.15) is 1.43 Å². The number of nitriles is 2. The fraction of sp³-hybridized carbons (Fsp3) is 0. The maximum absolute atomic E-state index is 7.74. The summed E-state index contributed by atoms with van der Waals surface area (Å²) in [5.74, 6) is 0. The van der Waals surface area contributed by atoms with Crippen LogP contribution in [0.4, 0.5) is 0 Å². The second-order valence-corrected chi connectivity index (χ2v) is 2.05. The van der Waals surface area contributed by atoms with Gasteiger partial charge in [0.25, 0.3) is 0 Å². The van der Waals surface area contributed by atoms with E-state index in [1.165, 1.54) is 0 Å². The number of rotatable bonds is 1. The van der Waals surface area contributed by atoms with Crippen LogP contribution in [-0.2, 0) is 0 Å². The first kappa shape index (κ1) is 16.1. The molecule has 6 heteroatoms. The Morgan fingerprint density at radius 1 is 1.12 bits per heavy atom. The van der Waals surface area contributed by atoms with Crippen molar-refractivity contribution in [3.63, 3.8) is 0 Å². The molecule has 0 spiro atoms. The molecule has 0 unspecified atom stereocenters. The molecule has 0 aliphatic rings. The zero-order valence-corrected chi connectivity index (χ0v) is 9.17. The molecule has 0 aliphatic carbocycles. The molecule has 40 valence electrons. The number of thiocyanates is 2. The molecule has 0 fully saturated rings. The molecule has 0 radical (unpaired) electrons. The average molecular weight is 173 g/mol. The Balaban J connectivity index is -0.0000000417. The zero-order chi connectivity index (χ0) is 4.83. The minimum atomic E-state index is 0. The topological polar surface area (TPSA) is 82.6 Å². The monoisotopic (exact) mass is 173 g/mol. The van der Waals surface area contributed by atoms with Crippen LogP contribution in [0.3, 0.4) is 0 Å². The zero-order valence-electron chi connectivity index (χ0n) is 5.42. The Kier molecular flexibility index (Phi) is 31.7. The summed E-state index contributed by atoms with van der Waals surface area (Å²) >= 11 is 0. The molecule has 0 aliphatic heterocycles. The van der Waals surface area contributed by atoms with Gasteiger partial charge in [-0.1, -0.05) is 0 Å². The van der Waals surface area contributed by atoms with Crippen LogP contribution in [0.2, 0.25) is 0 Å². The van der Waals surface area contributed by atoms with Crippen molar-refractivity contribution in [2.45, 2.75) is 0 Å². The minimum absolute atomic E-state index is 0. The molecule has 0 bridgehead atoms. The molecule has 0 aromatic carbocycles. The van der Waals surface area contributed by atoms with E-state index in [9.17, 15) is 0 Å². The summed E-state index contributed by atoms with van der Waals surface area (Å²) in [4.78, 5) is 0. The Hall–Kier alpha value is 1.28. The Bertz CT molecular complexity index is 93.4. The standard InChI is InChI=1S/C2N2S2.K.H3N.H/c3-1-5-6-2-4;;;/h;;1H3;/q;+1;;-1. The van der Waals surface area contributed by atoms with Crippen LogP contribution in [0.25, 0.3) is 0 Å². The van der Waals surface area contributed by atoms with Gasteiger partial charge in [0.05, 0.1) is 0 Å². The predicted molar refractivity (Wildman–Crippen MR) is 32.5 cm³/mol. The number of hydrogen-bond donors (Lipinski definition) is 1. The molecular formula is C2H4KN3S2. The van der Waals surface area contributed by atoms with E-state index >= 15 is 0 Å². The Morgan fingerprint density at radius 2 is 1.38 bits per heavy atom. The van der Waals surface area contributed by atoms with Gasteiger partial charge in [-0.2, -0.15) is 10.5 Å². The summed E-state index contributed by atoms with van der Waals surface area (Å²) in [6.45, 7) is 0. The van der Waals surface area contributed by atoms with E-state index in [0.717, 1.165) is 21.6 Å². The largest absolute Gasteiger partial charge is 1.00 e. The molecular weight excluding hydrogens is 169 g/mol. The van der Waals surface area contributed by atoms with Gasteiger partial charge in [0, 0.05) is 21.6 Å². The molecule has 0 atom stereocenters. The summed E-state index contributed by atoms with van der Waals surface area (Å²) in [6.07, 6.45) is 0. The average Bonchev–Trinajstić information content (AvgIpc) is 1.61. The van der Waals surface area contributed by atoms with Gasteiger partial charge in [0.1, 0.15) is 10.8 Å². The van der Waals surface area contributed by atoms with Crippen LogP contribution in [0, 0.1) is 21.3 Å². The fourth-order valence-corrected chi connectivity index (χ4v) is 0.335. The second-order valence-electron chi connectivity index (χ2n) is 0.349. The van der Waals surface area contributed by atoms with E-state index in [1.54, 1.807) is 10.8 Å². The van der Waals surface area contributed by atoms with Gasteiger partial charge < -0.3 is 7.58 Å². The van der Waals surface area contributed by atoms with E-state index in [0.29, 0.717) is 0 Å². The predicted octanol–water partition coefficient (Wildman–Crippen LogP) is -1.39. The van der Waals surface area contributed by atoms with Crippen LogP contribution in [0.5, 0.6) is 0 Å². The smallest absolute Gasteiger partial charge is 1.00 e. The van der Waals surface area contributed by atoms with Crippen molar-refractivity contribution >= 4 is 21.6 Å². The van der Waals surface area contributed by atoms with E-state index in [-0.39, 0.29) is 59.0 Å². The molecule has 0 heterocycles. The van der Waals surface area contributed by atoms with Gasteiger partial charge in [-0.05, 0) is 0 Å². The quantitative estimate of drug-likeness (QED) is 0.228. The maximum atomic E-state index is 7.74. The molecule has 0 saturated carbocycles. The van der Waals surface area contributed by atoms with Crippen molar-refractivity contribution in [3.8, 4) is 10.8 Å². The van der Waals surface area contributed by atoms with E-state index in [4.69, 9.17) is 10.5 Å². The van der Waals surface area contributed by atoms with E-state index in [2.05, 4.69) is 0 Å². The Morgan fingerprint density at radius 3 is 1.50 bits per heavy atom. The molecule has 3 N–H and O–H groups in total. The normalized spacial score (nSPS) is 4.25. The molecule has 0 saturated heterocycles. The van der Waals surface area contributed by atoms with Crippen molar-refractivity contribution < 1.29 is 52.8 Å². The molecule has 0 aromatic rings. The summed E-state index contributed by atoms with van der Waals surface area (Å²) in [6, 6.07) is 0. The van der Waals surface area contributed by atoms with Gasteiger partial charge in [-0.15, -0.1) is 0 Å². The second kappa shape index (κ2) is 15.7. The van der Waals surface area contributed by atoms with Gasteiger partial charge in [-0.3, -0.25) is 0 Å². The third-order valence-electron chi connectivity index (χ3n) is 0.116. The van der Waals surface area contributed by atoms with E-state index < -0.39 is 0 Å². The van der Waals surface area contributed by atoms with Crippen molar-refractivity contribution in [2.24, 2.45) is 0 Å². The molecule has 3 nitrogen and oxygen atoms in total. The van der Waals surface area contributed by atoms with E-state index in [1.807, 2.05) is 0 Å². The number of nitrogens with zero attached hydrogens (tertiary/aromatic N) is 2. The van der Waals surface area contributed by atoms with Crippen LogP contribution in [0.15, 0.2) is 0 Å².